The van der Waals surface area contributed by atoms with Crippen molar-refractivity contribution in [1.29, 1.82) is 0 Å². The van der Waals surface area contributed by atoms with Crippen LogP contribution in [0.1, 0.15) is 32.2 Å². The lowest BCUT2D eigenvalue weighted by atomic mass is 10.3. The number of rotatable bonds is 2. The highest BCUT2D eigenvalue weighted by atomic mass is 32.2. The molecular formula is C10H17N3O2S. The van der Waals surface area contributed by atoms with Crippen molar-refractivity contribution in [2.24, 2.45) is 0 Å². The maximum absolute atomic E-state index is 12.0. The van der Waals surface area contributed by atoms with Crippen LogP contribution < -0.4 is 4.72 Å². The Hall–Kier alpha value is -1.17. The van der Waals surface area contributed by atoms with Crippen molar-refractivity contribution in [1.82, 2.24) is 9.97 Å². The van der Waals surface area contributed by atoms with E-state index in [1.807, 2.05) is 0 Å². The summed E-state index contributed by atoms with van der Waals surface area (Å²) in [5, 5.41) is 0. The van der Waals surface area contributed by atoms with Gasteiger partial charge < -0.3 is 0 Å². The van der Waals surface area contributed by atoms with Gasteiger partial charge >= 0.3 is 0 Å². The van der Waals surface area contributed by atoms with E-state index < -0.39 is 14.8 Å². The molecule has 0 unspecified atom stereocenters. The smallest absolute Gasteiger partial charge is 0.237 e. The molecule has 5 nitrogen and oxygen atoms in total. The number of nitrogens with one attached hydrogen (secondary N) is 1. The summed E-state index contributed by atoms with van der Waals surface area (Å²) in [7, 11) is -3.43. The molecule has 0 aliphatic rings. The topological polar surface area (TPSA) is 72.0 Å². The van der Waals surface area contributed by atoms with E-state index in [-0.39, 0.29) is 0 Å². The lowest BCUT2D eigenvalue weighted by Crippen LogP contribution is -2.34. The molecule has 90 valence electrons. The highest BCUT2D eigenvalue weighted by Gasteiger charge is 2.29. The van der Waals surface area contributed by atoms with Crippen LogP contribution in [0.15, 0.2) is 6.33 Å². The number of sulfonamides is 1. The molecule has 0 fully saturated rings. The molecule has 1 rings (SSSR count). The van der Waals surface area contributed by atoms with Gasteiger partial charge in [-0.25, -0.2) is 18.4 Å². The molecule has 6 heteroatoms. The highest BCUT2D eigenvalue weighted by molar-refractivity contribution is 7.94. The lowest BCUT2D eigenvalue weighted by molar-refractivity contribution is 0.566. The Morgan fingerprint density at radius 3 is 1.94 bits per heavy atom. The Morgan fingerprint density at radius 2 is 1.56 bits per heavy atom. The van der Waals surface area contributed by atoms with Gasteiger partial charge in [-0.3, -0.25) is 4.72 Å². The van der Waals surface area contributed by atoms with Crippen LogP contribution >= 0.6 is 0 Å². The molecule has 0 aliphatic heterocycles. The summed E-state index contributed by atoms with van der Waals surface area (Å²) >= 11 is 0. The van der Waals surface area contributed by atoms with E-state index in [0.29, 0.717) is 17.1 Å². The summed E-state index contributed by atoms with van der Waals surface area (Å²) < 4.78 is 25.6. The average molecular weight is 243 g/mol. The molecule has 0 amide bonds. The van der Waals surface area contributed by atoms with E-state index in [1.165, 1.54) is 6.33 Å². The van der Waals surface area contributed by atoms with E-state index in [0.717, 1.165) is 0 Å². The molecule has 1 aromatic heterocycles. The molecule has 0 bridgehead atoms. The third-order valence-corrected chi connectivity index (χ3v) is 4.35. The molecule has 0 aliphatic carbocycles. The lowest BCUT2D eigenvalue weighted by Gasteiger charge is -2.21. The monoisotopic (exact) mass is 243 g/mol. The second-order valence-electron chi connectivity index (χ2n) is 4.64. The van der Waals surface area contributed by atoms with Gasteiger partial charge in [0.25, 0.3) is 0 Å². The average Bonchev–Trinajstić information content (AvgIpc) is 2.10. The van der Waals surface area contributed by atoms with Gasteiger partial charge in [0.1, 0.15) is 6.33 Å². The first-order valence-corrected chi connectivity index (χ1v) is 6.44. The molecule has 1 aromatic rings. The highest BCUT2D eigenvalue weighted by Crippen LogP contribution is 2.22. The Kier molecular flexibility index (Phi) is 3.23. The first-order chi connectivity index (χ1) is 7.15. The Bertz CT molecular complexity index is 469. The van der Waals surface area contributed by atoms with E-state index in [4.69, 9.17) is 0 Å². The van der Waals surface area contributed by atoms with Crippen LogP contribution in [0.25, 0.3) is 0 Å². The summed E-state index contributed by atoms with van der Waals surface area (Å²) in [5.41, 5.74) is 1.72. The standard InChI is InChI=1S/C10H17N3O2S/c1-7-9(8(2)12-6-11-7)13-16(14,15)10(3,4)5/h6,13H,1-5H3. The SMILES string of the molecule is Cc1ncnc(C)c1NS(=O)(=O)C(C)(C)C. The Morgan fingerprint density at radius 1 is 1.12 bits per heavy atom. The Labute approximate surface area is 96.4 Å². The quantitative estimate of drug-likeness (QED) is 0.857. The second kappa shape index (κ2) is 4.01. The molecular weight excluding hydrogens is 226 g/mol. The van der Waals surface area contributed by atoms with Crippen LogP contribution in [-0.2, 0) is 10.0 Å². The van der Waals surface area contributed by atoms with Crippen LogP contribution in [0, 0.1) is 13.8 Å². The molecule has 0 radical (unpaired) electrons. The van der Waals surface area contributed by atoms with Crippen LogP contribution in [0.3, 0.4) is 0 Å². The number of hydrogen-bond donors (Lipinski definition) is 1. The minimum absolute atomic E-state index is 0.470. The fourth-order valence-electron chi connectivity index (χ4n) is 1.03. The fourth-order valence-corrected chi connectivity index (χ4v) is 1.90. The zero-order valence-electron chi connectivity index (χ0n) is 10.2. The summed E-state index contributed by atoms with van der Waals surface area (Å²) in [4.78, 5) is 7.94. The minimum atomic E-state index is -3.43. The summed E-state index contributed by atoms with van der Waals surface area (Å²) in [6, 6.07) is 0. The van der Waals surface area contributed by atoms with Gasteiger partial charge in [-0.2, -0.15) is 0 Å². The predicted octanol–water partition coefficient (Wildman–Crippen LogP) is 1.63. The van der Waals surface area contributed by atoms with Crippen LogP contribution in [0.5, 0.6) is 0 Å². The van der Waals surface area contributed by atoms with Gasteiger partial charge in [-0.15, -0.1) is 0 Å². The van der Waals surface area contributed by atoms with Gasteiger partial charge in [0.05, 0.1) is 21.8 Å². The van der Waals surface area contributed by atoms with Crippen molar-refractivity contribution in [3.63, 3.8) is 0 Å². The molecule has 16 heavy (non-hydrogen) atoms. The van der Waals surface area contributed by atoms with Crippen LogP contribution in [-0.4, -0.2) is 23.1 Å². The molecule has 0 atom stereocenters. The van der Waals surface area contributed by atoms with Crippen molar-refractivity contribution in [3.8, 4) is 0 Å². The van der Waals surface area contributed by atoms with Gasteiger partial charge in [0.15, 0.2) is 0 Å². The van der Waals surface area contributed by atoms with E-state index in [2.05, 4.69) is 14.7 Å². The van der Waals surface area contributed by atoms with Crippen molar-refractivity contribution in [2.45, 2.75) is 39.4 Å². The van der Waals surface area contributed by atoms with Crippen molar-refractivity contribution < 1.29 is 8.42 Å². The fraction of sp³-hybridized carbons (Fsp3) is 0.600. The number of aryl methyl sites for hydroxylation is 2. The third-order valence-electron chi connectivity index (χ3n) is 2.27. The molecule has 0 aromatic carbocycles. The predicted molar refractivity (Wildman–Crippen MR) is 63.8 cm³/mol. The molecule has 0 saturated carbocycles. The van der Waals surface area contributed by atoms with Crippen LogP contribution in [0.2, 0.25) is 0 Å². The van der Waals surface area contributed by atoms with E-state index >= 15 is 0 Å². The van der Waals surface area contributed by atoms with E-state index in [9.17, 15) is 8.42 Å². The summed E-state index contributed by atoms with van der Waals surface area (Å²) in [5.74, 6) is 0. The number of anilines is 1. The molecule has 0 saturated heterocycles. The molecule has 1 heterocycles. The van der Waals surface area contributed by atoms with Crippen LogP contribution in [0.4, 0.5) is 5.69 Å². The summed E-state index contributed by atoms with van der Waals surface area (Å²) in [6.45, 7) is 8.42. The zero-order chi connectivity index (χ0) is 12.6. The Balaban J connectivity index is 3.17. The van der Waals surface area contributed by atoms with Crippen molar-refractivity contribution in [3.05, 3.63) is 17.7 Å². The van der Waals surface area contributed by atoms with Gasteiger partial charge in [-0.05, 0) is 34.6 Å². The first-order valence-electron chi connectivity index (χ1n) is 4.96. The van der Waals surface area contributed by atoms with Gasteiger partial charge in [-0.1, -0.05) is 0 Å². The second-order valence-corrected chi connectivity index (χ2v) is 7.07. The molecule has 1 N–H and O–H groups in total. The van der Waals surface area contributed by atoms with Gasteiger partial charge in [0.2, 0.25) is 10.0 Å². The number of aromatic nitrogens is 2. The normalized spacial score (nSPS) is 12.6. The number of hydrogen-bond acceptors (Lipinski definition) is 4. The molecule has 0 spiro atoms. The van der Waals surface area contributed by atoms with Crippen molar-refractivity contribution in [2.75, 3.05) is 4.72 Å². The van der Waals surface area contributed by atoms with E-state index in [1.54, 1.807) is 34.6 Å². The van der Waals surface area contributed by atoms with Crippen molar-refractivity contribution >= 4 is 15.7 Å². The summed E-state index contributed by atoms with van der Waals surface area (Å²) in [6.07, 6.45) is 1.42. The number of nitrogens with zero attached hydrogens (tertiary/aromatic N) is 2. The van der Waals surface area contributed by atoms with Gasteiger partial charge in [0, 0.05) is 0 Å². The maximum atomic E-state index is 12.0. The maximum Gasteiger partial charge on any atom is 0.237 e. The first kappa shape index (κ1) is 12.9. The zero-order valence-corrected chi connectivity index (χ0v) is 11.0. The minimum Gasteiger partial charge on any atom is -0.279 e. The largest absolute Gasteiger partial charge is 0.279 e. The third kappa shape index (κ3) is 2.49.